The lowest BCUT2D eigenvalue weighted by molar-refractivity contribution is 0.0432. The van der Waals surface area contributed by atoms with Gasteiger partial charge in [-0.1, -0.05) is 6.07 Å². The van der Waals surface area contributed by atoms with Crippen molar-refractivity contribution >= 4 is 11.0 Å². The summed E-state index contributed by atoms with van der Waals surface area (Å²) in [7, 11) is 0. The van der Waals surface area contributed by atoms with Gasteiger partial charge in [0.15, 0.2) is 0 Å². The molecule has 5 heteroatoms. The molecule has 0 bridgehead atoms. The molecule has 1 aliphatic heterocycles. The molecule has 1 aromatic carbocycles. The molecule has 3 rings (SSSR count). The van der Waals surface area contributed by atoms with Crippen LogP contribution in [0.15, 0.2) is 23.0 Å². The number of rotatable bonds is 2. The smallest absolute Gasteiger partial charge is 0.323 e. The molecule has 0 aliphatic carbocycles. The van der Waals surface area contributed by atoms with Crippen LogP contribution in [-0.2, 0) is 4.74 Å². The highest BCUT2D eigenvalue weighted by Gasteiger charge is 2.31. The molecule has 0 saturated carbocycles. The number of aliphatic hydroxyl groups is 1. The van der Waals surface area contributed by atoms with Crippen LogP contribution in [-0.4, -0.2) is 27.8 Å². The molecule has 0 amide bonds. The van der Waals surface area contributed by atoms with Gasteiger partial charge in [0.25, 0.3) is 0 Å². The van der Waals surface area contributed by atoms with Crippen LogP contribution in [0.25, 0.3) is 11.0 Å². The molecule has 5 nitrogen and oxygen atoms in total. The largest absolute Gasteiger partial charge is 0.388 e. The third-order valence-corrected chi connectivity index (χ3v) is 3.72. The molecule has 3 atom stereocenters. The van der Waals surface area contributed by atoms with E-state index in [1.54, 1.807) is 0 Å². The molecule has 1 saturated heterocycles. The number of nitrogens with one attached hydrogen (secondary N) is 2. The second kappa shape index (κ2) is 4.26. The van der Waals surface area contributed by atoms with E-state index in [1.165, 1.54) is 0 Å². The normalized spacial score (nSPS) is 25.7. The zero-order valence-electron chi connectivity index (χ0n) is 10.1. The van der Waals surface area contributed by atoms with Gasteiger partial charge < -0.3 is 19.8 Å². The summed E-state index contributed by atoms with van der Waals surface area (Å²) in [4.78, 5) is 16.6. The summed E-state index contributed by atoms with van der Waals surface area (Å²) >= 11 is 0. The van der Waals surface area contributed by atoms with Crippen molar-refractivity contribution in [3.05, 3.63) is 34.2 Å². The number of hydrogen-bond acceptors (Lipinski definition) is 3. The molecule has 2 heterocycles. The monoisotopic (exact) mass is 248 g/mol. The quantitative estimate of drug-likeness (QED) is 0.750. The van der Waals surface area contributed by atoms with Gasteiger partial charge in [0.2, 0.25) is 0 Å². The molecule has 3 N–H and O–H groups in total. The van der Waals surface area contributed by atoms with Gasteiger partial charge in [0, 0.05) is 12.5 Å². The minimum absolute atomic E-state index is 0.0703. The van der Waals surface area contributed by atoms with E-state index in [2.05, 4.69) is 9.97 Å². The Morgan fingerprint density at radius 1 is 1.39 bits per heavy atom. The Balaban J connectivity index is 1.95. The van der Waals surface area contributed by atoms with Crippen LogP contribution in [0, 0.1) is 5.92 Å². The van der Waals surface area contributed by atoms with E-state index in [-0.39, 0.29) is 17.7 Å². The summed E-state index contributed by atoms with van der Waals surface area (Å²) in [5.74, 6) is 0.119. The standard InChI is InChI=1S/C13H16N2O3/c1-7-9(4-5-18-7)12(16)8-2-3-10-11(6-8)15-13(17)14-10/h2-3,6-7,9,12,16H,4-5H2,1H3,(H2,14,15,17). The lowest BCUT2D eigenvalue weighted by Crippen LogP contribution is -2.19. The highest BCUT2D eigenvalue weighted by Crippen LogP contribution is 2.33. The number of aromatic amines is 2. The summed E-state index contributed by atoms with van der Waals surface area (Å²) in [6, 6.07) is 5.48. The fraction of sp³-hybridized carbons (Fsp3) is 0.462. The van der Waals surface area contributed by atoms with Gasteiger partial charge in [-0.15, -0.1) is 0 Å². The van der Waals surface area contributed by atoms with E-state index < -0.39 is 6.10 Å². The Morgan fingerprint density at radius 2 is 2.17 bits per heavy atom. The highest BCUT2D eigenvalue weighted by atomic mass is 16.5. The Morgan fingerprint density at radius 3 is 2.89 bits per heavy atom. The van der Waals surface area contributed by atoms with Gasteiger partial charge in [-0.3, -0.25) is 0 Å². The maximum absolute atomic E-state index is 11.2. The first-order valence-electron chi connectivity index (χ1n) is 6.17. The van der Waals surface area contributed by atoms with Crippen LogP contribution < -0.4 is 5.69 Å². The van der Waals surface area contributed by atoms with E-state index in [0.717, 1.165) is 23.0 Å². The van der Waals surface area contributed by atoms with Crippen molar-refractivity contribution in [3.63, 3.8) is 0 Å². The fourth-order valence-electron chi connectivity index (χ4n) is 2.64. The minimum atomic E-state index is -0.551. The first kappa shape index (κ1) is 11.5. The first-order valence-corrected chi connectivity index (χ1v) is 6.17. The first-order chi connectivity index (χ1) is 8.65. The lowest BCUT2D eigenvalue weighted by Gasteiger charge is -2.21. The minimum Gasteiger partial charge on any atom is -0.388 e. The number of aromatic nitrogens is 2. The van der Waals surface area contributed by atoms with Crippen molar-refractivity contribution in [2.45, 2.75) is 25.6 Å². The maximum atomic E-state index is 11.2. The van der Waals surface area contributed by atoms with E-state index in [9.17, 15) is 9.90 Å². The molecule has 96 valence electrons. The van der Waals surface area contributed by atoms with Gasteiger partial charge in [-0.2, -0.15) is 0 Å². The van der Waals surface area contributed by atoms with E-state index in [4.69, 9.17) is 4.74 Å². The number of benzene rings is 1. The molecule has 0 radical (unpaired) electrons. The third kappa shape index (κ3) is 1.85. The van der Waals surface area contributed by atoms with Crippen molar-refractivity contribution in [2.75, 3.05) is 6.61 Å². The topological polar surface area (TPSA) is 78.1 Å². The predicted molar refractivity (Wildman–Crippen MR) is 67.4 cm³/mol. The highest BCUT2D eigenvalue weighted by molar-refractivity contribution is 5.75. The predicted octanol–water partition coefficient (Wildman–Crippen LogP) is 1.31. The summed E-state index contributed by atoms with van der Waals surface area (Å²) < 4.78 is 5.48. The van der Waals surface area contributed by atoms with Gasteiger partial charge >= 0.3 is 5.69 Å². The number of H-pyrrole nitrogens is 2. The molecular formula is C13H16N2O3. The fourth-order valence-corrected chi connectivity index (χ4v) is 2.64. The zero-order chi connectivity index (χ0) is 12.7. The van der Waals surface area contributed by atoms with E-state index in [1.807, 2.05) is 25.1 Å². The Bertz CT molecular complexity index is 616. The van der Waals surface area contributed by atoms with Crippen LogP contribution in [0.3, 0.4) is 0 Å². The number of aliphatic hydroxyl groups excluding tert-OH is 1. The molecule has 1 aromatic heterocycles. The molecule has 18 heavy (non-hydrogen) atoms. The second-order valence-corrected chi connectivity index (χ2v) is 4.86. The molecule has 1 fully saturated rings. The molecule has 2 aromatic rings. The van der Waals surface area contributed by atoms with E-state index >= 15 is 0 Å². The third-order valence-electron chi connectivity index (χ3n) is 3.72. The van der Waals surface area contributed by atoms with Gasteiger partial charge in [-0.05, 0) is 31.0 Å². The number of hydrogen-bond donors (Lipinski definition) is 3. The maximum Gasteiger partial charge on any atom is 0.323 e. The van der Waals surface area contributed by atoms with Crippen LogP contribution in [0.1, 0.15) is 25.0 Å². The summed E-state index contributed by atoms with van der Waals surface area (Å²) in [6.45, 7) is 2.68. The molecular weight excluding hydrogens is 232 g/mol. The van der Waals surface area contributed by atoms with Crippen molar-refractivity contribution < 1.29 is 9.84 Å². The summed E-state index contributed by atoms with van der Waals surface area (Å²) in [6.07, 6.45) is 0.385. The number of ether oxygens (including phenoxy) is 1. The number of imidazole rings is 1. The van der Waals surface area contributed by atoms with Crippen molar-refractivity contribution in [3.8, 4) is 0 Å². The van der Waals surface area contributed by atoms with Crippen molar-refractivity contribution in [2.24, 2.45) is 5.92 Å². The zero-order valence-corrected chi connectivity index (χ0v) is 10.1. The average Bonchev–Trinajstić information content (AvgIpc) is 2.91. The molecule has 0 spiro atoms. The van der Waals surface area contributed by atoms with Gasteiger partial charge in [0.05, 0.1) is 23.2 Å². The van der Waals surface area contributed by atoms with Crippen molar-refractivity contribution in [1.29, 1.82) is 0 Å². The summed E-state index contributed by atoms with van der Waals surface area (Å²) in [5, 5.41) is 10.4. The Labute approximate surface area is 104 Å². The molecule has 1 aliphatic rings. The van der Waals surface area contributed by atoms with Crippen LogP contribution in [0.4, 0.5) is 0 Å². The Hall–Kier alpha value is -1.59. The van der Waals surface area contributed by atoms with Crippen LogP contribution in [0.2, 0.25) is 0 Å². The second-order valence-electron chi connectivity index (χ2n) is 4.86. The van der Waals surface area contributed by atoms with Crippen LogP contribution in [0.5, 0.6) is 0 Å². The van der Waals surface area contributed by atoms with Crippen molar-refractivity contribution in [1.82, 2.24) is 9.97 Å². The average molecular weight is 248 g/mol. The van der Waals surface area contributed by atoms with Gasteiger partial charge in [0.1, 0.15) is 0 Å². The van der Waals surface area contributed by atoms with E-state index in [0.29, 0.717) is 6.61 Å². The SMILES string of the molecule is CC1OCCC1C(O)c1ccc2[nH]c(=O)[nH]c2c1. The Kier molecular flexibility index (Phi) is 2.72. The van der Waals surface area contributed by atoms with Gasteiger partial charge in [-0.25, -0.2) is 4.79 Å². The summed E-state index contributed by atoms with van der Waals surface area (Å²) in [5.41, 5.74) is 2.07. The number of fused-ring (bicyclic) bond motifs is 1. The lowest BCUT2D eigenvalue weighted by atomic mass is 9.90. The molecule has 3 unspecified atom stereocenters. The van der Waals surface area contributed by atoms with Crippen LogP contribution >= 0.6 is 0 Å².